The first-order valence-corrected chi connectivity index (χ1v) is 13.0. The van der Waals surface area contributed by atoms with Gasteiger partial charge in [-0.25, -0.2) is 4.99 Å². The third-order valence-corrected chi connectivity index (χ3v) is 8.20. The lowest BCUT2D eigenvalue weighted by atomic mass is 10.1. The lowest BCUT2D eigenvalue weighted by molar-refractivity contribution is -0.122. The highest BCUT2D eigenvalue weighted by Crippen LogP contribution is 2.51. The van der Waals surface area contributed by atoms with Crippen LogP contribution in [0.3, 0.4) is 0 Å². The Morgan fingerprint density at radius 1 is 1.08 bits per heavy atom. The van der Waals surface area contributed by atoms with E-state index in [1.807, 2.05) is 67.4 Å². The summed E-state index contributed by atoms with van der Waals surface area (Å²) in [5.41, 5.74) is 3.71. The quantitative estimate of drug-likeness (QED) is 0.412. The summed E-state index contributed by atoms with van der Waals surface area (Å²) in [5.74, 6) is 0.0545. The van der Waals surface area contributed by atoms with Gasteiger partial charge in [-0.2, -0.15) is 5.26 Å². The summed E-state index contributed by atoms with van der Waals surface area (Å²) in [6, 6.07) is 22.6. The third kappa shape index (κ3) is 4.53. The largest absolute Gasteiger partial charge is 0.508 e. The SMILES string of the molecule is CCNc1ccc(N=C2S/C(=C3/Sc4ccc(O)cc4N3C)C(=O)N2Cc2ccccc2)cc1C#N. The lowest BCUT2D eigenvalue weighted by Gasteiger charge is -2.17. The van der Waals surface area contributed by atoms with Gasteiger partial charge >= 0.3 is 0 Å². The standard InChI is InChI=1S/C27H23N5O2S2/c1-3-29-21-11-9-19(13-18(21)15-28)30-27-32(16-17-7-5-4-6-8-17)25(34)24(36-27)26-31(2)22-14-20(33)10-12-23(22)35-26/h4-14,29,33H,3,16H2,1-2H3/b26-24+,30-27?. The molecule has 0 aliphatic carbocycles. The fourth-order valence-electron chi connectivity index (χ4n) is 4.01. The van der Waals surface area contributed by atoms with Crippen LogP contribution in [-0.4, -0.2) is 34.7 Å². The predicted molar refractivity (Wildman–Crippen MR) is 146 cm³/mol. The van der Waals surface area contributed by atoms with Crippen molar-refractivity contribution in [2.75, 3.05) is 23.8 Å². The van der Waals surface area contributed by atoms with Gasteiger partial charge in [-0.05, 0) is 54.6 Å². The van der Waals surface area contributed by atoms with Gasteiger partial charge in [-0.1, -0.05) is 42.1 Å². The Morgan fingerprint density at radius 3 is 2.64 bits per heavy atom. The van der Waals surface area contributed by atoms with Crippen LogP contribution in [0.1, 0.15) is 18.1 Å². The van der Waals surface area contributed by atoms with E-state index >= 15 is 0 Å². The second kappa shape index (κ2) is 10.0. The van der Waals surface area contributed by atoms with Crippen molar-refractivity contribution in [3.05, 3.63) is 87.8 Å². The van der Waals surface area contributed by atoms with E-state index in [1.165, 1.54) is 23.5 Å². The van der Waals surface area contributed by atoms with E-state index < -0.39 is 0 Å². The minimum atomic E-state index is -0.126. The van der Waals surface area contributed by atoms with Crippen molar-refractivity contribution in [2.24, 2.45) is 4.99 Å². The Kier molecular flexibility index (Phi) is 6.63. The number of aromatic hydroxyl groups is 1. The maximum atomic E-state index is 13.7. The van der Waals surface area contributed by atoms with E-state index in [-0.39, 0.29) is 11.7 Å². The minimum absolute atomic E-state index is 0.126. The van der Waals surface area contributed by atoms with E-state index in [0.29, 0.717) is 34.4 Å². The summed E-state index contributed by atoms with van der Waals surface area (Å²) in [6.45, 7) is 3.06. The molecule has 1 amide bonds. The number of hydrogen-bond acceptors (Lipinski definition) is 8. The number of carbonyl (C=O) groups excluding carboxylic acids is 1. The Morgan fingerprint density at radius 2 is 1.89 bits per heavy atom. The van der Waals surface area contributed by atoms with E-state index in [9.17, 15) is 15.2 Å². The first kappa shape index (κ1) is 23.9. The number of thioether (sulfide) groups is 2. The molecule has 0 spiro atoms. The fourth-order valence-corrected chi connectivity index (χ4v) is 6.33. The average molecular weight is 514 g/mol. The number of amidine groups is 1. The number of rotatable bonds is 5. The highest BCUT2D eigenvalue weighted by Gasteiger charge is 2.39. The maximum absolute atomic E-state index is 13.7. The molecule has 2 aliphatic rings. The summed E-state index contributed by atoms with van der Waals surface area (Å²) >= 11 is 2.83. The van der Waals surface area contributed by atoms with E-state index in [1.54, 1.807) is 23.1 Å². The van der Waals surface area contributed by atoms with E-state index in [2.05, 4.69) is 11.4 Å². The molecule has 0 aromatic heterocycles. The molecule has 9 heteroatoms. The van der Waals surface area contributed by atoms with Gasteiger partial charge in [0.1, 0.15) is 16.7 Å². The highest BCUT2D eigenvalue weighted by molar-refractivity contribution is 8.19. The molecule has 0 saturated carbocycles. The molecule has 5 rings (SSSR count). The molecule has 180 valence electrons. The van der Waals surface area contributed by atoms with Gasteiger partial charge in [-0.15, -0.1) is 0 Å². The number of nitrogens with zero attached hydrogens (tertiary/aromatic N) is 4. The molecule has 2 aliphatic heterocycles. The summed E-state index contributed by atoms with van der Waals surface area (Å²) in [6.07, 6.45) is 0. The topological polar surface area (TPSA) is 92.0 Å². The van der Waals surface area contributed by atoms with Crippen molar-refractivity contribution in [3.8, 4) is 11.8 Å². The normalized spacial score (nSPS) is 18.0. The monoisotopic (exact) mass is 513 g/mol. The molecule has 3 aromatic rings. The van der Waals surface area contributed by atoms with Crippen LogP contribution in [0.4, 0.5) is 17.1 Å². The van der Waals surface area contributed by atoms with Gasteiger partial charge in [0.05, 0.1) is 34.2 Å². The summed E-state index contributed by atoms with van der Waals surface area (Å²) in [5, 5.41) is 24.1. The number of carbonyl (C=O) groups is 1. The summed E-state index contributed by atoms with van der Waals surface area (Å²) in [4.78, 5) is 23.7. The zero-order valence-electron chi connectivity index (χ0n) is 19.7. The van der Waals surface area contributed by atoms with Crippen LogP contribution in [0.25, 0.3) is 0 Å². The van der Waals surface area contributed by atoms with Crippen LogP contribution in [-0.2, 0) is 11.3 Å². The molecule has 36 heavy (non-hydrogen) atoms. The number of fused-ring (bicyclic) bond motifs is 1. The molecule has 2 heterocycles. The van der Waals surface area contributed by atoms with Crippen LogP contribution < -0.4 is 10.2 Å². The van der Waals surface area contributed by atoms with Crippen molar-refractivity contribution in [2.45, 2.75) is 18.4 Å². The Hall–Kier alpha value is -3.87. The van der Waals surface area contributed by atoms with Gasteiger partial charge in [-0.3, -0.25) is 9.69 Å². The molecular formula is C27H23N5O2S2. The molecular weight excluding hydrogens is 490 g/mol. The smallest absolute Gasteiger partial charge is 0.269 e. The molecule has 0 radical (unpaired) electrons. The number of aliphatic imine (C=N–C) groups is 1. The molecule has 2 N–H and O–H groups in total. The molecule has 7 nitrogen and oxygen atoms in total. The van der Waals surface area contributed by atoms with Crippen LogP contribution in [0, 0.1) is 11.3 Å². The number of phenolic OH excluding ortho intramolecular Hbond substituents is 1. The molecule has 0 unspecified atom stereocenters. The number of amides is 1. The summed E-state index contributed by atoms with van der Waals surface area (Å²) < 4.78 is 0. The molecule has 3 aromatic carbocycles. The second-order valence-electron chi connectivity index (χ2n) is 8.19. The number of phenols is 1. The number of nitriles is 1. The fraction of sp³-hybridized carbons (Fsp3) is 0.148. The Labute approximate surface area is 218 Å². The van der Waals surface area contributed by atoms with Gasteiger partial charge < -0.3 is 15.3 Å². The molecule has 1 fully saturated rings. The zero-order chi connectivity index (χ0) is 25.2. The first-order chi connectivity index (χ1) is 17.5. The number of anilines is 2. The molecule has 0 bridgehead atoms. The Bertz CT molecular complexity index is 1450. The second-order valence-corrected chi connectivity index (χ2v) is 10.2. The Balaban J connectivity index is 1.55. The van der Waals surface area contributed by atoms with Crippen molar-refractivity contribution < 1.29 is 9.90 Å². The van der Waals surface area contributed by atoms with Crippen LogP contribution in [0.5, 0.6) is 5.75 Å². The van der Waals surface area contributed by atoms with E-state index in [4.69, 9.17) is 4.99 Å². The zero-order valence-corrected chi connectivity index (χ0v) is 21.4. The molecule has 1 saturated heterocycles. The first-order valence-electron chi connectivity index (χ1n) is 11.4. The minimum Gasteiger partial charge on any atom is -0.508 e. The number of nitrogens with one attached hydrogen (secondary N) is 1. The van der Waals surface area contributed by atoms with Crippen LogP contribution in [0.2, 0.25) is 0 Å². The average Bonchev–Trinajstić information content (AvgIpc) is 3.36. The summed E-state index contributed by atoms with van der Waals surface area (Å²) in [7, 11) is 1.89. The number of benzene rings is 3. The van der Waals surface area contributed by atoms with Gasteiger partial charge in [0.15, 0.2) is 5.17 Å². The van der Waals surface area contributed by atoms with Crippen molar-refractivity contribution in [1.82, 2.24) is 4.90 Å². The van der Waals surface area contributed by atoms with Gasteiger partial charge in [0, 0.05) is 24.6 Å². The highest BCUT2D eigenvalue weighted by atomic mass is 32.2. The third-order valence-electron chi connectivity index (χ3n) is 5.77. The number of hydrogen-bond donors (Lipinski definition) is 2. The van der Waals surface area contributed by atoms with Crippen LogP contribution in [0.15, 0.2) is 86.6 Å². The molecule has 0 atom stereocenters. The van der Waals surface area contributed by atoms with Crippen molar-refractivity contribution >= 4 is 51.7 Å². The van der Waals surface area contributed by atoms with Gasteiger partial charge in [0.25, 0.3) is 5.91 Å². The van der Waals surface area contributed by atoms with Gasteiger partial charge in [0.2, 0.25) is 0 Å². The van der Waals surface area contributed by atoms with Crippen molar-refractivity contribution in [1.29, 1.82) is 5.26 Å². The van der Waals surface area contributed by atoms with Crippen LogP contribution >= 0.6 is 23.5 Å². The van der Waals surface area contributed by atoms with Crippen molar-refractivity contribution in [3.63, 3.8) is 0 Å². The maximum Gasteiger partial charge on any atom is 0.269 e. The predicted octanol–water partition coefficient (Wildman–Crippen LogP) is 5.87. The lowest BCUT2D eigenvalue weighted by Crippen LogP contribution is -2.29. The van der Waals surface area contributed by atoms with E-state index in [0.717, 1.165) is 26.9 Å².